The number of rotatable bonds is 13. The van der Waals surface area contributed by atoms with Gasteiger partial charge in [-0.15, -0.1) is 0 Å². The van der Waals surface area contributed by atoms with Crippen molar-refractivity contribution in [1.82, 2.24) is 0 Å². The lowest BCUT2D eigenvalue weighted by molar-refractivity contribution is -0.142. The largest absolute Gasteiger partial charge is 0.494 e. The van der Waals surface area contributed by atoms with Gasteiger partial charge in [0, 0.05) is 38.5 Å². The fourth-order valence-corrected chi connectivity index (χ4v) is 2.08. The number of benzene rings is 1. The Bertz CT molecular complexity index is 550. The van der Waals surface area contributed by atoms with E-state index in [4.69, 9.17) is 14.2 Å². The van der Waals surface area contributed by atoms with Crippen molar-refractivity contribution in [1.29, 1.82) is 0 Å². The van der Waals surface area contributed by atoms with Crippen molar-refractivity contribution >= 4 is 17.5 Å². The van der Waals surface area contributed by atoms with Crippen molar-refractivity contribution in [2.45, 2.75) is 39.0 Å². The number of carbonyl (C=O) groups is 3. The van der Waals surface area contributed by atoms with Gasteiger partial charge >= 0.3 is 5.97 Å². The molecule has 0 radical (unpaired) electrons. The van der Waals surface area contributed by atoms with E-state index in [1.54, 1.807) is 31.4 Å². The minimum absolute atomic E-state index is 0.106. The zero-order chi connectivity index (χ0) is 18.5. The summed E-state index contributed by atoms with van der Waals surface area (Å²) < 4.78 is 15.4. The molecule has 138 valence electrons. The number of ketones is 2. The van der Waals surface area contributed by atoms with Crippen LogP contribution in [0.2, 0.25) is 0 Å². The fourth-order valence-electron chi connectivity index (χ4n) is 2.08. The van der Waals surface area contributed by atoms with E-state index in [1.165, 1.54) is 6.92 Å². The zero-order valence-corrected chi connectivity index (χ0v) is 14.9. The molecule has 0 aliphatic carbocycles. The summed E-state index contributed by atoms with van der Waals surface area (Å²) in [5.41, 5.74) is 0.466. The van der Waals surface area contributed by atoms with E-state index in [2.05, 4.69) is 0 Å². The smallest absolute Gasteiger partial charge is 0.306 e. The summed E-state index contributed by atoms with van der Waals surface area (Å²) in [5, 5.41) is 0. The highest BCUT2D eigenvalue weighted by Gasteiger charge is 2.10. The molecule has 0 fully saturated rings. The summed E-state index contributed by atoms with van der Waals surface area (Å²) in [4.78, 5) is 34.4. The van der Waals surface area contributed by atoms with Crippen LogP contribution in [-0.4, -0.2) is 44.5 Å². The minimum Gasteiger partial charge on any atom is -0.494 e. The van der Waals surface area contributed by atoms with Crippen molar-refractivity contribution < 1.29 is 28.6 Å². The maximum atomic E-state index is 12.0. The second-order valence-corrected chi connectivity index (χ2v) is 5.71. The van der Waals surface area contributed by atoms with Gasteiger partial charge in [-0.1, -0.05) is 0 Å². The number of methoxy groups -OCH3 is 1. The Hall–Kier alpha value is -2.21. The van der Waals surface area contributed by atoms with E-state index >= 15 is 0 Å². The Balaban J connectivity index is 2.27. The van der Waals surface area contributed by atoms with Gasteiger partial charge in [-0.2, -0.15) is 0 Å². The molecule has 25 heavy (non-hydrogen) atoms. The second-order valence-electron chi connectivity index (χ2n) is 5.71. The molecule has 0 bridgehead atoms. The summed E-state index contributed by atoms with van der Waals surface area (Å²) in [6.07, 6.45) is 2.71. The number of carbonyl (C=O) groups excluding carboxylic acids is 3. The highest BCUT2D eigenvalue weighted by atomic mass is 16.5. The van der Waals surface area contributed by atoms with Gasteiger partial charge in [-0.05, 0) is 44.0 Å². The molecule has 6 nitrogen and oxygen atoms in total. The molecule has 1 rings (SSSR count). The molecule has 0 heterocycles. The van der Waals surface area contributed by atoms with Gasteiger partial charge in [0.1, 0.15) is 11.5 Å². The molecule has 0 spiro atoms. The molecule has 0 saturated carbocycles. The Morgan fingerprint density at radius 3 is 2.24 bits per heavy atom. The van der Waals surface area contributed by atoms with E-state index in [9.17, 15) is 14.4 Å². The molecule has 1 aromatic carbocycles. The van der Waals surface area contributed by atoms with E-state index in [-0.39, 0.29) is 24.6 Å². The van der Waals surface area contributed by atoms with Crippen LogP contribution in [-0.2, 0) is 19.1 Å². The molecule has 0 N–H and O–H groups in total. The lowest BCUT2D eigenvalue weighted by atomic mass is 10.1. The summed E-state index contributed by atoms with van der Waals surface area (Å²) in [6, 6.07) is 6.72. The molecule has 0 amide bonds. The van der Waals surface area contributed by atoms with Crippen LogP contribution in [0.5, 0.6) is 5.75 Å². The molecular weight excluding hydrogens is 324 g/mol. The van der Waals surface area contributed by atoms with Gasteiger partial charge < -0.3 is 19.0 Å². The molecule has 1 aromatic rings. The van der Waals surface area contributed by atoms with Crippen LogP contribution < -0.4 is 4.74 Å². The van der Waals surface area contributed by atoms with Crippen LogP contribution in [0.15, 0.2) is 24.3 Å². The molecule has 0 unspecified atom stereocenters. The van der Waals surface area contributed by atoms with Crippen LogP contribution in [0.1, 0.15) is 49.4 Å². The lowest BCUT2D eigenvalue weighted by Crippen LogP contribution is -2.14. The SMILES string of the molecule is COCCCOc1ccc(C(=O)COC(=O)CCCCC(C)=O)cc1. The second kappa shape index (κ2) is 12.2. The Kier molecular flexibility index (Phi) is 10.2. The van der Waals surface area contributed by atoms with E-state index in [0.717, 1.165) is 6.42 Å². The number of unbranched alkanes of at least 4 members (excludes halogenated alkanes) is 1. The molecule has 0 aliphatic rings. The van der Waals surface area contributed by atoms with Crippen LogP contribution >= 0.6 is 0 Å². The summed E-state index contributed by atoms with van der Waals surface area (Å²) in [7, 11) is 1.64. The molecule has 6 heteroatoms. The van der Waals surface area contributed by atoms with Gasteiger partial charge in [0.15, 0.2) is 12.4 Å². The molecule has 0 aromatic heterocycles. The zero-order valence-electron chi connectivity index (χ0n) is 14.9. The predicted octanol–water partition coefficient (Wildman–Crippen LogP) is 2.98. The number of hydrogen-bond acceptors (Lipinski definition) is 6. The third-order valence-electron chi connectivity index (χ3n) is 3.46. The van der Waals surface area contributed by atoms with Crippen molar-refractivity contribution in [2.75, 3.05) is 26.9 Å². The van der Waals surface area contributed by atoms with Crippen molar-refractivity contribution in [3.8, 4) is 5.75 Å². The fraction of sp³-hybridized carbons (Fsp3) is 0.526. The van der Waals surface area contributed by atoms with Crippen LogP contribution in [0.3, 0.4) is 0 Å². The normalized spacial score (nSPS) is 10.3. The first-order chi connectivity index (χ1) is 12.0. The number of esters is 1. The topological polar surface area (TPSA) is 78.9 Å². The third-order valence-corrected chi connectivity index (χ3v) is 3.46. The third kappa shape index (κ3) is 9.62. The minimum atomic E-state index is -0.421. The maximum Gasteiger partial charge on any atom is 0.306 e. The Labute approximate surface area is 148 Å². The van der Waals surface area contributed by atoms with E-state index in [0.29, 0.717) is 43.8 Å². The summed E-state index contributed by atoms with van der Waals surface area (Å²) in [5.74, 6) is 0.0998. The van der Waals surface area contributed by atoms with Gasteiger partial charge in [-0.25, -0.2) is 0 Å². The van der Waals surface area contributed by atoms with Gasteiger partial charge in [0.2, 0.25) is 0 Å². The van der Waals surface area contributed by atoms with Crippen molar-refractivity contribution in [3.63, 3.8) is 0 Å². The summed E-state index contributed by atoms with van der Waals surface area (Å²) >= 11 is 0. The quantitative estimate of drug-likeness (QED) is 0.309. The lowest BCUT2D eigenvalue weighted by Gasteiger charge is -2.07. The average molecular weight is 350 g/mol. The maximum absolute atomic E-state index is 12.0. The van der Waals surface area contributed by atoms with Crippen LogP contribution in [0, 0.1) is 0 Å². The monoisotopic (exact) mass is 350 g/mol. The predicted molar refractivity (Wildman–Crippen MR) is 92.9 cm³/mol. The number of hydrogen-bond donors (Lipinski definition) is 0. The molecule has 0 saturated heterocycles. The first-order valence-electron chi connectivity index (χ1n) is 8.43. The van der Waals surface area contributed by atoms with Crippen LogP contribution in [0.25, 0.3) is 0 Å². The van der Waals surface area contributed by atoms with E-state index in [1.807, 2.05) is 0 Å². The van der Waals surface area contributed by atoms with Gasteiger partial charge in [0.25, 0.3) is 0 Å². The molecule has 0 atom stereocenters. The Morgan fingerprint density at radius 1 is 0.920 bits per heavy atom. The standard InChI is InChI=1S/C19H26O6/c1-15(20)6-3-4-7-19(22)25-14-18(21)16-8-10-17(11-9-16)24-13-5-12-23-2/h8-11H,3-7,12-14H2,1-2H3. The van der Waals surface area contributed by atoms with Crippen LogP contribution in [0.4, 0.5) is 0 Å². The van der Waals surface area contributed by atoms with Gasteiger partial charge in [0.05, 0.1) is 6.61 Å². The van der Waals surface area contributed by atoms with Gasteiger partial charge in [-0.3, -0.25) is 9.59 Å². The van der Waals surface area contributed by atoms with Crippen molar-refractivity contribution in [3.05, 3.63) is 29.8 Å². The summed E-state index contributed by atoms with van der Waals surface area (Å²) in [6.45, 7) is 2.42. The van der Waals surface area contributed by atoms with Crippen molar-refractivity contribution in [2.24, 2.45) is 0 Å². The first kappa shape index (κ1) is 20.8. The Morgan fingerprint density at radius 2 is 1.60 bits per heavy atom. The highest BCUT2D eigenvalue weighted by molar-refractivity contribution is 5.98. The average Bonchev–Trinajstić information content (AvgIpc) is 2.60. The highest BCUT2D eigenvalue weighted by Crippen LogP contribution is 2.13. The molecule has 0 aliphatic heterocycles. The molecular formula is C19H26O6. The number of ether oxygens (including phenoxy) is 3. The number of Topliss-reactive ketones (excluding diaryl/α,β-unsaturated/α-hetero) is 2. The first-order valence-corrected chi connectivity index (χ1v) is 8.43. The van der Waals surface area contributed by atoms with E-state index < -0.39 is 5.97 Å².